The van der Waals surface area contributed by atoms with Gasteiger partial charge in [0, 0.05) is 10.1 Å². The van der Waals surface area contributed by atoms with Crippen LogP contribution in [0.5, 0.6) is 11.5 Å². The molecule has 0 aliphatic carbocycles. The number of ether oxygens (including phenoxy) is 3. The van der Waals surface area contributed by atoms with Crippen LogP contribution in [0.15, 0.2) is 23.6 Å². The predicted octanol–water partition coefficient (Wildman–Crippen LogP) is 3.45. The molecule has 1 aromatic heterocycles. The number of hydrogen-bond acceptors (Lipinski definition) is 5. The quantitative estimate of drug-likeness (QED) is 0.785. The zero-order valence-corrected chi connectivity index (χ0v) is 10.4. The number of rotatable bonds is 3. The smallest absolute Gasteiger partial charge is 0.496 e. The second-order valence-electron chi connectivity index (χ2n) is 3.22. The van der Waals surface area contributed by atoms with Crippen LogP contribution in [0.3, 0.4) is 0 Å². The van der Waals surface area contributed by atoms with Gasteiger partial charge in [0.05, 0.1) is 19.1 Å². The second-order valence-corrected chi connectivity index (χ2v) is 4.13. The van der Waals surface area contributed by atoms with Crippen molar-refractivity contribution in [1.82, 2.24) is 0 Å². The molecule has 0 atom stereocenters. The highest BCUT2D eigenvalue weighted by atomic mass is 32.1. The van der Waals surface area contributed by atoms with Crippen molar-refractivity contribution >= 4 is 27.6 Å². The molecule has 0 bridgehead atoms. The van der Waals surface area contributed by atoms with Crippen LogP contribution in [0.4, 0.5) is 4.79 Å². The molecule has 0 unspecified atom stereocenters. The maximum atomic E-state index is 11.3. The van der Waals surface area contributed by atoms with Crippen LogP contribution in [-0.4, -0.2) is 19.9 Å². The molecule has 0 radical (unpaired) electrons. The zero-order valence-electron chi connectivity index (χ0n) is 9.56. The van der Waals surface area contributed by atoms with Gasteiger partial charge in [0.2, 0.25) is 0 Å². The van der Waals surface area contributed by atoms with Crippen molar-refractivity contribution in [2.45, 2.75) is 6.92 Å². The Bertz CT molecular complexity index is 532. The van der Waals surface area contributed by atoms with Gasteiger partial charge in [0.15, 0.2) is 5.75 Å². The molecule has 1 heterocycles. The van der Waals surface area contributed by atoms with E-state index in [2.05, 4.69) is 0 Å². The Balaban J connectivity index is 2.37. The van der Waals surface area contributed by atoms with E-state index in [0.29, 0.717) is 11.5 Å². The first-order valence-electron chi connectivity index (χ1n) is 5.15. The third-order valence-corrected chi connectivity index (χ3v) is 3.13. The molecule has 0 aliphatic heterocycles. The minimum Gasteiger partial charge on any atom is -0.496 e. The van der Waals surface area contributed by atoms with E-state index >= 15 is 0 Å². The number of carbonyl (C=O) groups excluding carboxylic acids is 1. The first kappa shape index (κ1) is 11.7. The van der Waals surface area contributed by atoms with Crippen molar-refractivity contribution in [2.75, 3.05) is 13.7 Å². The fourth-order valence-electron chi connectivity index (χ4n) is 1.51. The van der Waals surface area contributed by atoms with E-state index in [-0.39, 0.29) is 6.61 Å². The topological polar surface area (TPSA) is 44.8 Å². The average molecular weight is 252 g/mol. The van der Waals surface area contributed by atoms with Gasteiger partial charge in [-0.05, 0) is 19.1 Å². The molecular weight excluding hydrogens is 240 g/mol. The SMILES string of the molecule is CCOC(=O)Oc1csc2cccc(OC)c12. The summed E-state index contributed by atoms with van der Waals surface area (Å²) in [7, 11) is 1.58. The summed E-state index contributed by atoms with van der Waals surface area (Å²) in [5.74, 6) is 1.16. The Kier molecular flexibility index (Phi) is 3.49. The van der Waals surface area contributed by atoms with Crippen LogP contribution in [0.2, 0.25) is 0 Å². The van der Waals surface area contributed by atoms with Crippen LogP contribution < -0.4 is 9.47 Å². The number of hydrogen-bond donors (Lipinski definition) is 0. The largest absolute Gasteiger partial charge is 0.513 e. The summed E-state index contributed by atoms with van der Waals surface area (Å²) in [6.07, 6.45) is -0.696. The molecule has 4 nitrogen and oxygen atoms in total. The highest BCUT2D eigenvalue weighted by Crippen LogP contribution is 2.38. The zero-order chi connectivity index (χ0) is 12.3. The Hall–Kier alpha value is -1.75. The fourth-order valence-corrected chi connectivity index (χ4v) is 2.39. The van der Waals surface area contributed by atoms with E-state index in [1.807, 2.05) is 18.2 Å². The normalized spacial score (nSPS) is 10.2. The highest BCUT2D eigenvalue weighted by molar-refractivity contribution is 7.17. The fraction of sp³-hybridized carbons (Fsp3) is 0.250. The van der Waals surface area contributed by atoms with Gasteiger partial charge in [0.1, 0.15) is 5.75 Å². The summed E-state index contributed by atoms with van der Waals surface area (Å²) in [4.78, 5) is 11.3. The van der Waals surface area contributed by atoms with Gasteiger partial charge >= 0.3 is 6.16 Å². The summed E-state index contributed by atoms with van der Waals surface area (Å²) in [5, 5.41) is 2.57. The molecule has 0 fully saturated rings. The van der Waals surface area contributed by atoms with Crippen LogP contribution >= 0.6 is 11.3 Å². The van der Waals surface area contributed by atoms with Crippen LogP contribution in [-0.2, 0) is 4.74 Å². The van der Waals surface area contributed by atoms with Crippen LogP contribution in [0.25, 0.3) is 10.1 Å². The van der Waals surface area contributed by atoms with Crippen molar-refractivity contribution in [3.63, 3.8) is 0 Å². The molecule has 1 aromatic carbocycles. The first-order chi connectivity index (χ1) is 8.26. The first-order valence-corrected chi connectivity index (χ1v) is 6.03. The molecule has 0 saturated heterocycles. The lowest BCUT2D eigenvalue weighted by Gasteiger charge is -2.05. The molecular formula is C12H12O4S. The van der Waals surface area contributed by atoms with E-state index in [9.17, 15) is 4.79 Å². The Morgan fingerprint density at radius 1 is 1.35 bits per heavy atom. The van der Waals surface area contributed by atoms with E-state index in [4.69, 9.17) is 14.2 Å². The number of thiophene rings is 1. The third kappa shape index (κ3) is 2.34. The predicted molar refractivity (Wildman–Crippen MR) is 66.0 cm³/mol. The van der Waals surface area contributed by atoms with Crippen LogP contribution in [0.1, 0.15) is 6.92 Å². The molecule has 2 aromatic rings. The Morgan fingerprint density at radius 2 is 2.18 bits per heavy atom. The summed E-state index contributed by atoms with van der Waals surface area (Å²) >= 11 is 1.49. The van der Waals surface area contributed by atoms with E-state index < -0.39 is 6.16 Å². The van der Waals surface area contributed by atoms with Gasteiger partial charge in [-0.15, -0.1) is 11.3 Å². The lowest BCUT2D eigenvalue weighted by Crippen LogP contribution is -2.09. The number of fused-ring (bicyclic) bond motifs is 1. The minimum absolute atomic E-state index is 0.290. The van der Waals surface area contributed by atoms with Gasteiger partial charge in [-0.25, -0.2) is 4.79 Å². The summed E-state index contributed by atoms with van der Waals surface area (Å²) in [6, 6.07) is 5.67. The molecule has 0 N–H and O–H groups in total. The van der Waals surface area contributed by atoms with Crippen molar-refractivity contribution in [3.8, 4) is 11.5 Å². The number of carbonyl (C=O) groups is 1. The average Bonchev–Trinajstić information content (AvgIpc) is 2.73. The van der Waals surface area contributed by atoms with E-state index in [1.165, 1.54) is 11.3 Å². The second kappa shape index (κ2) is 5.05. The third-order valence-electron chi connectivity index (χ3n) is 2.20. The Labute approximate surface area is 103 Å². The summed E-state index contributed by atoms with van der Waals surface area (Å²) in [5.41, 5.74) is 0. The van der Waals surface area contributed by atoms with Crippen molar-refractivity contribution < 1.29 is 19.0 Å². The van der Waals surface area contributed by atoms with Gasteiger partial charge in [0.25, 0.3) is 0 Å². The van der Waals surface area contributed by atoms with Gasteiger partial charge in [-0.3, -0.25) is 0 Å². The highest BCUT2D eigenvalue weighted by Gasteiger charge is 2.14. The molecule has 17 heavy (non-hydrogen) atoms. The molecule has 90 valence electrons. The number of benzene rings is 1. The molecule has 0 aliphatic rings. The van der Waals surface area contributed by atoms with Crippen molar-refractivity contribution in [1.29, 1.82) is 0 Å². The maximum absolute atomic E-state index is 11.3. The molecule has 0 amide bonds. The molecule has 5 heteroatoms. The van der Waals surface area contributed by atoms with Gasteiger partial charge in [-0.1, -0.05) is 6.07 Å². The molecule has 2 rings (SSSR count). The lowest BCUT2D eigenvalue weighted by atomic mass is 10.2. The monoisotopic (exact) mass is 252 g/mol. The molecule has 0 spiro atoms. The lowest BCUT2D eigenvalue weighted by molar-refractivity contribution is 0.105. The maximum Gasteiger partial charge on any atom is 0.513 e. The van der Waals surface area contributed by atoms with Gasteiger partial charge in [-0.2, -0.15) is 0 Å². The van der Waals surface area contributed by atoms with Crippen molar-refractivity contribution in [3.05, 3.63) is 23.6 Å². The number of methoxy groups -OCH3 is 1. The Morgan fingerprint density at radius 3 is 2.88 bits per heavy atom. The minimum atomic E-state index is -0.696. The van der Waals surface area contributed by atoms with Gasteiger partial charge < -0.3 is 14.2 Å². The van der Waals surface area contributed by atoms with Crippen LogP contribution in [0, 0.1) is 0 Å². The summed E-state index contributed by atoms with van der Waals surface area (Å²) < 4.78 is 16.1. The van der Waals surface area contributed by atoms with E-state index in [1.54, 1.807) is 19.4 Å². The van der Waals surface area contributed by atoms with E-state index in [0.717, 1.165) is 10.1 Å². The van der Waals surface area contributed by atoms with Crippen molar-refractivity contribution in [2.24, 2.45) is 0 Å². The standard InChI is InChI=1S/C12H12O4S/c1-3-15-12(13)16-9-7-17-10-6-4-5-8(14-2)11(9)10/h4-7H,3H2,1-2H3. The molecule has 0 saturated carbocycles. The summed E-state index contributed by atoms with van der Waals surface area (Å²) in [6.45, 7) is 2.02.